The van der Waals surface area contributed by atoms with Gasteiger partial charge in [-0.2, -0.15) is 0 Å². The lowest BCUT2D eigenvalue weighted by molar-refractivity contribution is 0.601. The van der Waals surface area contributed by atoms with Crippen LogP contribution in [0, 0.1) is 0 Å². The number of guanidine groups is 1. The maximum atomic E-state index is 11.2. The maximum absolute atomic E-state index is 11.2. The van der Waals surface area contributed by atoms with Crippen LogP contribution >= 0.6 is 11.6 Å². The number of hydrogen-bond acceptors (Lipinski definition) is 3. The van der Waals surface area contributed by atoms with Gasteiger partial charge in [0.1, 0.15) is 9.84 Å². The Hall–Kier alpha value is -1.53. The van der Waals surface area contributed by atoms with Crippen molar-refractivity contribution < 1.29 is 8.42 Å². The van der Waals surface area contributed by atoms with E-state index in [-0.39, 0.29) is 18.3 Å². The minimum atomic E-state index is -3.03. The van der Waals surface area contributed by atoms with Gasteiger partial charge in [-0.25, -0.2) is 8.42 Å². The molecule has 0 amide bonds. The monoisotopic (exact) mass is 343 g/mol. The van der Waals surface area contributed by atoms with E-state index in [9.17, 15) is 8.42 Å². The Kier molecular flexibility index (Phi) is 7.41. The number of nitrogens with one attached hydrogen (secondary N) is 2. The number of hydrogen-bond donors (Lipinski definition) is 2. The van der Waals surface area contributed by atoms with Crippen LogP contribution in [0.5, 0.6) is 0 Å². The van der Waals surface area contributed by atoms with Crippen molar-refractivity contribution in [2.75, 3.05) is 25.1 Å². The molecule has 0 aliphatic heterocycles. The summed E-state index contributed by atoms with van der Waals surface area (Å²) in [6.45, 7) is 6.33. The van der Waals surface area contributed by atoms with E-state index in [1.54, 1.807) is 6.08 Å². The first-order valence-electron chi connectivity index (χ1n) is 6.91. The van der Waals surface area contributed by atoms with Crippen molar-refractivity contribution >= 4 is 27.4 Å². The summed E-state index contributed by atoms with van der Waals surface area (Å²) in [5.41, 5.74) is 0.945. The highest BCUT2D eigenvalue weighted by Crippen LogP contribution is 2.21. The van der Waals surface area contributed by atoms with Gasteiger partial charge in [0.15, 0.2) is 5.96 Å². The van der Waals surface area contributed by atoms with Crippen LogP contribution in [0.15, 0.2) is 41.9 Å². The lowest BCUT2D eigenvalue weighted by Crippen LogP contribution is -2.39. The molecule has 1 aromatic rings. The predicted molar refractivity (Wildman–Crippen MR) is 93.2 cm³/mol. The van der Waals surface area contributed by atoms with Crippen LogP contribution < -0.4 is 10.6 Å². The van der Waals surface area contributed by atoms with Gasteiger partial charge in [-0.3, -0.25) is 4.99 Å². The zero-order valence-corrected chi connectivity index (χ0v) is 14.4. The van der Waals surface area contributed by atoms with Crippen molar-refractivity contribution in [2.24, 2.45) is 4.99 Å². The van der Waals surface area contributed by atoms with E-state index in [2.05, 4.69) is 22.2 Å². The van der Waals surface area contributed by atoms with Crippen LogP contribution in [0.25, 0.3) is 0 Å². The van der Waals surface area contributed by atoms with Crippen LogP contribution in [0.1, 0.15) is 18.5 Å². The standard InChI is InChI=1S/C15H22ClN3O2S/c1-4-9-17-15(18-10-11-22(3,20)21)19-12(2)13-7-5-6-8-14(13)16/h4-8,12H,1,9-11H2,2-3H3,(H2,17,18,19). The van der Waals surface area contributed by atoms with Gasteiger partial charge in [0.05, 0.1) is 18.3 Å². The second kappa shape index (κ2) is 8.80. The van der Waals surface area contributed by atoms with E-state index in [0.717, 1.165) is 5.56 Å². The summed E-state index contributed by atoms with van der Waals surface area (Å²) < 4.78 is 22.3. The second-order valence-electron chi connectivity index (χ2n) is 4.92. The molecule has 1 aromatic carbocycles. The molecule has 2 N–H and O–H groups in total. The largest absolute Gasteiger partial charge is 0.353 e. The zero-order chi connectivity index (χ0) is 16.6. The highest BCUT2D eigenvalue weighted by molar-refractivity contribution is 7.90. The quantitative estimate of drug-likeness (QED) is 0.452. The third kappa shape index (κ3) is 6.95. The first-order valence-corrected chi connectivity index (χ1v) is 9.35. The summed E-state index contributed by atoms with van der Waals surface area (Å²) >= 11 is 6.18. The second-order valence-corrected chi connectivity index (χ2v) is 7.58. The molecule has 0 aliphatic rings. The molecule has 0 aromatic heterocycles. The van der Waals surface area contributed by atoms with Crippen LogP contribution in [0.2, 0.25) is 5.02 Å². The molecule has 7 heteroatoms. The molecule has 1 atom stereocenters. The number of rotatable bonds is 7. The van der Waals surface area contributed by atoms with E-state index in [1.165, 1.54) is 6.26 Å². The third-order valence-electron chi connectivity index (χ3n) is 2.87. The van der Waals surface area contributed by atoms with Gasteiger partial charge in [-0.15, -0.1) is 6.58 Å². The van der Waals surface area contributed by atoms with Crippen molar-refractivity contribution in [3.05, 3.63) is 47.5 Å². The number of aliphatic imine (C=N–C) groups is 1. The van der Waals surface area contributed by atoms with E-state index < -0.39 is 9.84 Å². The summed E-state index contributed by atoms with van der Waals surface area (Å²) in [6.07, 6.45) is 2.90. The fraction of sp³-hybridized carbons (Fsp3) is 0.400. The zero-order valence-electron chi connectivity index (χ0n) is 12.8. The lowest BCUT2D eigenvalue weighted by atomic mass is 10.1. The average molecular weight is 344 g/mol. The first-order chi connectivity index (χ1) is 10.3. The molecule has 0 radical (unpaired) electrons. The molecular formula is C15H22ClN3O2S. The normalized spacial score (nSPS) is 13.5. The SMILES string of the molecule is C=CCNC(=NCCS(C)(=O)=O)NC(C)c1ccccc1Cl. The topological polar surface area (TPSA) is 70.6 Å². The minimum absolute atomic E-state index is 0.00836. The van der Waals surface area contributed by atoms with Crippen LogP contribution in [-0.2, 0) is 9.84 Å². The minimum Gasteiger partial charge on any atom is -0.353 e. The van der Waals surface area contributed by atoms with Gasteiger partial charge >= 0.3 is 0 Å². The molecule has 0 bridgehead atoms. The van der Waals surface area contributed by atoms with E-state index in [0.29, 0.717) is 17.5 Å². The fourth-order valence-corrected chi connectivity index (χ4v) is 2.48. The molecule has 0 saturated carbocycles. The maximum Gasteiger partial charge on any atom is 0.192 e. The predicted octanol–water partition coefficient (Wildman–Crippen LogP) is 2.17. The first kappa shape index (κ1) is 18.5. The molecule has 122 valence electrons. The van der Waals surface area contributed by atoms with Crippen molar-refractivity contribution in [2.45, 2.75) is 13.0 Å². The third-order valence-corrected chi connectivity index (χ3v) is 4.14. The summed E-state index contributed by atoms with van der Waals surface area (Å²) in [4.78, 5) is 4.27. The Morgan fingerprint density at radius 1 is 1.45 bits per heavy atom. The van der Waals surface area contributed by atoms with Gasteiger partial charge in [0, 0.05) is 17.8 Å². The summed E-state index contributed by atoms with van der Waals surface area (Å²) in [6, 6.07) is 7.48. The average Bonchev–Trinajstić information content (AvgIpc) is 2.43. The Balaban J connectivity index is 2.77. The number of sulfone groups is 1. The molecule has 0 fully saturated rings. The van der Waals surface area contributed by atoms with Gasteiger partial charge in [0.2, 0.25) is 0 Å². The number of halogens is 1. The molecule has 0 spiro atoms. The van der Waals surface area contributed by atoms with Crippen molar-refractivity contribution in [1.29, 1.82) is 0 Å². The number of nitrogens with zero attached hydrogens (tertiary/aromatic N) is 1. The van der Waals surface area contributed by atoms with Gasteiger partial charge in [0.25, 0.3) is 0 Å². The van der Waals surface area contributed by atoms with Gasteiger partial charge in [-0.1, -0.05) is 35.9 Å². The Bertz CT molecular complexity index is 629. The summed E-state index contributed by atoms with van der Waals surface area (Å²) in [5, 5.41) is 6.93. The van der Waals surface area contributed by atoms with Crippen molar-refractivity contribution in [3.63, 3.8) is 0 Å². The Labute approximate surface area is 137 Å². The lowest BCUT2D eigenvalue weighted by Gasteiger charge is -2.19. The van der Waals surface area contributed by atoms with Crippen LogP contribution in [0.3, 0.4) is 0 Å². The van der Waals surface area contributed by atoms with Gasteiger partial charge < -0.3 is 10.6 Å². The Morgan fingerprint density at radius 2 is 2.14 bits per heavy atom. The van der Waals surface area contributed by atoms with E-state index in [4.69, 9.17) is 11.6 Å². The smallest absolute Gasteiger partial charge is 0.192 e. The molecule has 1 unspecified atom stereocenters. The van der Waals surface area contributed by atoms with Crippen LogP contribution in [-0.4, -0.2) is 39.5 Å². The molecule has 0 saturated heterocycles. The highest BCUT2D eigenvalue weighted by atomic mass is 35.5. The van der Waals surface area contributed by atoms with E-state index >= 15 is 0 Å². The number of benzene rings is 1. The summed E-state index contributed by atoms with van der Waals surface area (Å²) in [7, 11) is -3.03. The molecule has 22 heavy (non-hydrogen) atoms. The molecule has 1 rings (SSSR count). The van der Waals surface area contributed by atoms with Crippen molar-refractivity contribution in [3.8, 4) is 0 Å². The fourth-order valence-electron chi connectivity index (χ4n) is 1.75. The van der Waals surface area contributed by atoms with Crippen LogP contribution in [0.4, 0.5) is 0 Å². The molecule has 0 heterocycles. The molecule has 0 aliphatic carbocycles. The van der Waals surface area contributed by atoms with Gasteiger partial charge in [-0.05, 0) is 18.6 Å². The van der Waals surface area contributed by atoms with E-state index in [1.807, 2.05) is 31.2 Å². The molecule has 5 nitrogen and oxygen atoms in total. The highest BCUT2D eigenvalue weighted by Gasteiger charge is 2.11. The molecular weight excluding hydrogens is 322 g/mol. The van der Waals surface area contributed by atoms with Crippen molar-refractivity contribution in [1.82, 2.24) is 10.6 Å². The Morgan fingerprint density at radius 3 is 2.73 bits per heavy atom. The summed E-state index contributed by atoms with van der Waals surface area (Å²) in [5.74, 6) is 0.532.